The summed E-state index contributed by atoms with van der Waals surface area (Å²) in [5.41, 5.74) is 4.87. The lowest BCUT2D eigenvalue weighted by Crippen LogP contribution is -2.48. The van der Waals surface area contributed by atoms with Crippen molar-refractivity contribution in [2.24, 2.45) is 0 Å². The lowest BCUT2D eigenvalue weighted by atomic mass is 9.92. The van der Waals surface area contributed by atoms with Crippen LogP contribution in [0.4, 0.5) is 5.69 Å². The molecule has 2 amide bonds. The van der Waals surface area contributed by atoms with Crippen LogP contribution in [-0.2, 0) is 9.59 Å². The fourth-order valence-corrected chi connectivity index (χ4v) is 4.66. The maximum atomic E-state index is 13.1. The van der Waals surface area contributed by atoms with Gasteiger partial charge in [-0.1, -0.05) is 62.1 Å². The number of benzene rings is 2. The molecule has 2 aromatic carbocycles. The van der Waals surface area contributed by atoms with Crippen LogP contribution in [0.5, 0.6) is 11.5 Å². The average Bonchev–Trinajstić information content (AvgIpc) is 3.40. The van der Waals surface area contributed by atoms with E-state index < -0.39 is 0 Å². The molecule has 0 bridgehead atoms. The summed E-state index contributed by atoms with van der Waals surface area (Å²) in [5, 5.41) is 3.26. The maximum absolute atomic E-state index is 13.1. The lowest BCUT2D eigenvalue weighted by Gasteiger charge is -2.35. The Kier molecular flexibility index (Phi) is 10.2. The van der Waals surface area contributed by atoms with Gasteiger partial charge >= 0.3 is 0 Å². The SMILES string of the molecule is CCCCC[C@@H](C(=O)N1CCC(c2ccccc2NC)=C(C)C1)N(C)C=O.c1ccc2c(c1)OCO2. The highest BCUT2D eigenvalue weighted by Gasteiger charge is 2.30. The molecule has 0 aromatic heterocycles. The standard InChI is InChI=1S/C22H33N3O2.C7H6O2/c1-5-6-7-12-21(24(4)16-26)22(27)25-14-13-18(17(2)15-25)19-10-8-9-11-20(19)23-3;1-2-4-7-6(3-1)8-5-9-7/h8-11,16,21,23H,5-7,12-15H2,1-4H3;1-4H,5H2/t21-;/m0./s1. The van der Waals surface area contributed by atoms with Crippen LogP contribution in [0.15, 0.2) is 54.1 Å². The van der Waals surface area contributed by atoms with E-state index in [0.29, 0.717) is 19.9 Å². The van der Waals surface area contributed by atoms with Crippen molar-refractivity contribution in [1.82, 2.24) is 9.80 Å². The Balaban J connectivity index is 0.000000331. The molecule has 2 aliphatic heterocycles. The number of fused-ring (bicyclic) bond motifs is 1. The van der Waals surface area contributed by atoms with Crippen LogP contribution < -0.4 is 14.8 Å². The number of hydrogen-bond donors (Lipinski definition) is 1. The largest absolute Gasteiger partial charge is 0.454 e. The number of nitrogens with zero attached hydrogens (tertiary/aromatic N) is 2. The van der Waals surface area contributed by atoms with Crippen molar-refractivity contribution < 1.29 is 19.1 Å². The zero-order chi connectivity index (χ0) is 25.9. The highest BCUT2D eigenvalue weighted by molar-refractivity contribution is 5.86. The monoisotopic (exact) mass is 493 g/mol. The van der Waals surface area contributed by atoms with Gasteiger partial charge in [0.2, 0.25) is 19.1 Å². The Hall–Kier alpha value is -3.48. The number of para-hydroxylation sites is 3. The van der Waals surface area contributed by atoms with Gasteiger partial charge < -0.3 is 24.6 Å². The summed E-state index contributed by atoms with van der Waals surface area (Å²) in [7, 11) is 3.65. The predicted octanol–water partition coefficient (Wildman–Crippen LogP) is 5.19. The van der Waals surface area contributed by atoms with Gasteiger partial charge in [0.1, 0.15) is 6.04 Å². The number of unbranched alkanes of at least 4 members (excludes halogenated alkanes) is 2. The van der Waals surface area contributed by atoms with Gasteiger partial charge in [0.15, 0.2) is 11.5 Å². The minimum Gasteiger partial charge on any atom is -0.454 e. The second kappa shape index (κ2) is 13.6. The number of nitrogens with one attached hydrogen (secondary N) is 1. The number of carbonyl (C=O) groups excluding carboxylic acids is 2. The van der Waals surface area contributed by atoms with Crippen LogP contribution in [-0.4, -0.2) is 62.1 Å². The number of ether oxygens (including phenoxy) is 2. The third kappa shape index (κ3) is 6.80. The van der Waals surface area contributed by atoms with E-state index in [9.17, 15) is 9.59 Å². The van der Waals surface area contributed by atoms with Crippen LogP contribution in [0, 0.1) is 0 Å². The van der Waals surface area contributed by atoms with E-state index >= 15 is 0 Å². The van der Waals surface area contributed by atoms with Crippen molar-refractivity contribution in [1.29, 1.82) is 0 Å². The molecule has 0 radical (unpaired) electrons. The van der Waals surface area contributed by atoms with Crippen molar-refractivity contribution >= 4 is 23.6 Å². The smallest absolute Gasteiger partial charge is 0.245 e. The van der Waals surface area contributed by atoms with Gasteiger partial charge in [0.05, 0.1) is 0 Å². The van der Waals surface area contributed by atoms with E-state index in [1.165, 1.54) is 21.6 Å². The molecule has 2 heterocycles. The molecule has 1 atom stereocenters. The summed E-state index contributed by atoms with van der Waals surface area (Å²) in [6.07, 6.45) is 5.50. The topological polar surface area (TPSA) is 71.1 Å². The molecule has 7 heteroatoms. The van der Waals surface area contributed by atoms with Gasteiger partial charge in [-0.05, 0) is 43.5 Å². The second-order valence-electron chi connectivity index (χ2n) is 9.20. The number of carbonyl (C=O) groups is 2. The number of hydrogen-bond acceptors (Lipinski definition) is 5. The highest BCUT2D eigenvalue weighted by atomic mass is 16.7. The first-order chi connectivity index (χ1) is 17.5. The summed E-state index contributed by atoms with van der Waals surface area (Å²) in [5.74, 6) is 1.76. The predicted molar refractivity (Wildman–Crippen MR) is 144 cm³/mol. The van der Waals surface area contributed by atoms with Gasteiger partial charge in [-0.2, -0.15) is 0 Å². The minimum atomic E-state index is -0.354. The normalized spacial score (nSPS) is 15.1. The first kappa shape index (κ1) is 27.1. The first-order valence-electron chi connectivity index (χ1n) is 12.8. The van der Waals surface area contributed by atoms with Crippen molar-refractivity contribution in [2.45, 2.75) is 52.0 Å². The van der Waals surface area contributed by atoms with E-state index in [1.807, 2.05) is 42.3 Å². The zero-order valence-electron chi connectivity index (χ0n) is 22.0. The van der Waals surface area contributed by atoms with E-state index in [4.69, 9.17) is 9.47 Å². The van der Waals surface area contributed by atoms with Crippen molar-refractivity contribution in [2.75, 3.05) is 39.3 Å². The Morgan fingerprint density at radius 3 is 2.39 bits per heavy atom. The molecule has 0 aliphatic carbocycles. The van der Waals surface area contributed by atoms with Crippen molar-refractivity contribution in [3.8, 4) is 11.5 Å². The molecule has 0 fully saturated rings. The molecule has 0 saturated carbocycles. The van der Waals surface area contributed by atoms with Gasteiger partial charge in [-0.3, -0.25) is 9.59 Å². The molecule has 2 aliphatic rings. The molecule has 0 saturated heterocycles. The summed E-state index contributed by atoms with van der Waals surface area (Å²) in [4.78, 5) is 27.8. The molecular formula is C29H39N3O4. The maximum Gasteiger partial charge on any atom is 0.245 e. The summed E-state index contributed by atoms with van der Waals surface area (Å²) in [6.45, 7) is 5.93. The fraction of sp³-hybridized carbons (Fsp3) is 0.448. The fourth-order valence-electron chi connectivity index (χ4n) is 4.66. The quantitative estimate of drug-likeness (QED) is 0.385. The van der Waals surface area contributed by atoms with Gasteiger partial charge in [-0.15, -0.1) is 0 Å². The van der Waals surface area contributed by atoms with Gasteiger partial charge in [0, 0.05) is 38.4 Å². The molecule has 36 heavy (non-hydrogen) atoms. The number of amides is 2. The minimum absolute atomic E-state index is 0.0704. The number of rotatable bonds is 9. The number of likely N-dealkylation sites (N-methyl/N-ethyl adjacent to an activating group) is 1. The third-order valence-electron chi connectivity index (χ3n) is 6.71. The third-order valence-corrected chi connectivity index (χ3v) is 6.71. The van der Waals surface area contributed by atoms with Crippen molar-refractivity contribution in [3.05, 3.63) is 59.7 Å². The molecule has 4 rings (SSSR count). The molecular weight excluding hydrogens is 454 g/mol. The van der Waals surface area contributed by atoms with E-state index in [1.54, 1.807) is 7.05 Å². The van der Waals surface area contributed by atoms with Crippen LogP contribution in [0.1, 0.15) is 51.5 Å². The van der Waals surface area contributed by atoms with Crippen LogP contribution >= 0.6 is 0 Å². The van der Waals surface area contributed by atoms with Crippen molar-refractivity contribution in [3.63, 3.8) is 0 Å². The molecule has 0 unspecified atom stereocenters. The molecule has 7 nitrogen and oxygen atoms in total. The van der Waals surface area contributed by atoms with Crippen LogP contribution in [0.25, 0.3) is 5.57 Å². The van der Waals surface area contributed by atoms with E-state index in [2.05, 4.69) is 37.4 Å². The second-order valence-corrected chi connectivity index (χ2v) is 9.20. The Labute approximate surface area is 215 Å². The molecule has 194 valence electrons. The van der Waals surface area contributed by atoms with Crippen LogP contribution in [0.2, 0.25) is 0 Å². The Bertz CT molecular complexity index is 1030. The van der Waals surface area contributed by atoms with Crippen LogP contribution in [0.3, 0.4) is 0 Å². The summed E-state index contributed by atoms with van der Waals surface area (Å²) in [6, 6.07) is 15.6. The van der Waals surface area contributed by atoms with Gasteiger partial charge in [0.25, 0.3) is 0 Å². The first-order valence-corrected chi connectivity index (χ1v) is 12.8. The average molecular weight is 494 g/mol. The van der Waals surface area contributed by atoms with Gasteiger partial charge in [-0.25, -0.2) is 0 Å². The lowest BCUT2D eigenvalue weighted by molar-refractivity contribution is -0.140. The Morgan fingerprint density at radius 2 is 1.78 bits per heavy atom. The molecule has 1 N–H and O–H groups in total. The molecule has 2 aromatic rings. The molecule has 0 spiro atoms. The summed E-state index contributed by atoms with van der Waals surface area (Å²) < 4.78 is 10.2. The Morgan fingerprint density at radius 1 is 1.11 bits per heavy atom. The highest BCUT2D eigenvalue weighted by Crippen LogP contribution is 2.32. The van der Waals surface area contributed by atoms with E-state index in [-0.39, 0.29) is 11.9 Å². The zero-order valence-corrected chi connectivity index (χ0v) is 22.0. The van der Waals surface area contributed by atoms with E-state index in [0.717, 1.165) is 55.7 Å². The number of anilines is 1. The summed E-state index contributed by atoms with van der Waals surface area (Å²) >= 11 is 0.